The van der Waals surface area contributed by atoms with Crippen LogP contribution in [-0.2, 0) is 0 Å². The summed E-state index contributed by atoms with van der Waals surface area (Å²) in [6.07, 6.45) is -0.517. The zero-order valence-corrected chi connectivity index (χ0v) is 19.9. The van der Waals surface area contributed by atoms with Crippen LogP contribution in [0.25, 0.3) is 11.1 Å². The fraction of sp³-hybridized carbons (Fsp3) is 0.310. The van der Waals surface area contributed by atoms with Crippen LogP contribution in [0.5, 0.6) is 17.2 Å². The second kappa shape index (κ2) is 9.70. The van der Waals surface area contributed by atoms with Crippen LogP contribution in [0.1, 0.15) is 35.3 Å². The molecule has 0 saturated carbocycles. The SMILES string of the molecule is CC1=C(c2ccc(C)cc2F)C(c2ccc(OCCN3CC(CF)C3)cc2)Oc2ccc(O)cc21. The molecule has 0 bridgehead atoms. The van der Waals surface area contributed by atoms with Crippen LogP contribution in [0.15, 0.2) is 60.7 Å². The third-order valence-corrected chi connectivity index (χ3v) is 6.80. The van der Waals surface area contributed by atoms with E-state index in [4.69, 9.17) is 9.47 Å². The molecule has 2 aliphatic rings. The van der Waals surface area contributed by atoms with Crippen molar-refractivity contribution in [3.05, 3.63) is 88.7 Å². The fourth-order valence-corrected chi connectivity index (χ4v) is 4.85. The number of rotatable bonds is 7. The number of hydrogen-bond donors (Lipinski definition) is 1. The Morgan fingerprint density at radius 1 is 1.00 bits per heavy atom. The van der Waals surface area contributed by atoms with Crippen LogP contribution < -0.4 is 9.47 Å². The van der Waals surface area contributed by atoms with E-state index in [0.29, 0.717) is 17.9 Å². The summed E-state index contributed by atoms with van der Waals surface area (Å²) in [5.41, 5.74) is 4.53. The number of alkyl halides is 1. The number of hydrogen-bond acceptors (Lipinski definition) is 4. The van der Waals surface area contributed by atoms with Gasteiger partial charge in [0.15, 0.2) is 0 Å². The fourth-order valence-electron chi connectivity index (χ4n) is 4.85. The molecular weight excluding hydrogens is 448 g/mol. The first kappa shape index (κ1) is 23.4. The molecule has 1 fully saturated rings. The van der Waals surface area contributed by atoms with Gasteiger partial charge in [-0.15, -0.1) is 0 Å². The molecule has 182 valence electrons. The van der Waals surface area contributed by atoms with Crippen molar-refractivity contribution in [3.63, 3.8) is 0 Å². The molecule has 3 aromatic carbocycles. The Morgan fingerprint density at radius 2 is 1.77 bits per heavy atom. The average Bonchev–Trinajstić information content (AvgIpc) is 2.82. The van der Waals surface area contributed by atoms with Crippen molar-refractivity contribution in [1.29, 1.82) is 0 Å². The van der Waals surface area contributed by atoms with E-state index in [-0.39, 0.29) is 24.2 Å². The van der Waals surface area contributed by atoms with Gasteiger partial charge in [0.05, 0.1) is 6.67 Å². The lowest BCUT2D eigenvalue weighted by Gasteiger charge is -2.37. The van der Waals surface area contributed by atoms with Crippen LogP contribution >= 0.6 is 0 Å². The predicted molar refractivity (Wildman–Crippen MR) is 133 cm³/mol. The number of benzene rings is 3. The predicted octanol–water partition coefficient (Wildman–Crippen LogP) is 6.18. The molecule has 0 aromatic heterocycles. The highest BCUT2D eigenvalue weighted by molar-refractivity contribution is 5.95. The van der Waals surface area contributed by atoms with E-state index < -0.39 is 6.10 Å². The highest BCUT2D eigenvalue weighted by atomic mass is 19.1. The van der Waals surface area contributed by atoms with Gasteiger partial charge in [-0.2, -0.15) is 0 Å². The normalized spacial score (nSPS) is 18.1. The van der Waals surface area contributed by atoms with Gasteiger partial charge in [0.1, 0.15) is 35.8 Å². The van der Waals surface area contributed by atoms with Crippen molar-refractivity contribution in [2.75, 3.05) is 32.9 Å². The highest BCUT2D eigenvalue weighted by Gasteiger charge is 2.31. The molecule has 0 spiro atoms. The van der Waals surface area contributed by atoms with E-state index in [9.17, 15) is 9.50 Å². The summed E-state index contributed by atoms with van der Waals surface area (Å²) in [6.45, 7) is 6.43. The maximum Gasteiger partial charge on any atom is 0.150 e. The molecule has 6 heteroatoms. The molecule has 4 nitrogen and oxygen atoms in total. The zero-order chi connectivity index (χ0) is 24.5. The van der Waals surface area contributed by atoms with E-state index in [1.807, 2.05) is 44.2 Å². The topological polar surface area (TPSA) is 41.9 Å². The number of phenols is 1. The zero-order valence-electron chi connectivity index (χ0n) is 19.9. The molecule has 0 amide bonds. The minimum atomic E-state index is -0.517. The second-order valence-corrected chi connectivity index (χ2v) is 9.40. The summed E-state index contributed by atoms with van der Waals surface area (Å²) in [6, 6.07) is 17.8. The van der Waals surface area contributed by atoms with Gasteiger partial charge in [-0.1, -0.05) is 24.3 Å². The Hall–Kier alpha value is -3.38. The van der Waals surface area contributed by atoms with Crippen LogP contribution in [-0.4, -0.2) is 42.9 Å². The van der Waals surface area contributed by atoms with E-state index in [2.05, 4.69) is 4.90 Å². The lowest BCUT2D eigenvalue weighted by atomic mass is 9.85. The number of allylic oxidation sites excluding steroid dienone is 1. The van der Waals surface area contributed by atoms with Gasteiger partial charge in [0.2, 0.25) is 0 Å². The van der Waals surface area contributed by atoms with Crippen LogP contribution in [0.3, 0.4) is 0 Å². The van der Waals surface area contributed by atoms with Crippen LogP contribution in [0.2, 0.25) is 0 Å². The Morgan fingerprint density at radius 3 is 2.49 bits per heavy atom. The number of ether oxygens (including phenoxy) is 2. The van der Waals surface area contributed by atoms with Gasteiger partial charge in [-0.25, -0.2) is 4.39 Å². The van der Waals surface area contributed by atoms with Gasteiger partial charge in [-0.3, -0.25) is 9.29 Å². The summed E-state index contributed by atoms with van der Waals surface area (Å²) >= 11 is 0. The van der Waals surface area contributed by atoms with E-state index in [1.165, 1.54) is 6.07 Å². The molecule has 1 unspecified atom stereocenters. The van der Waals surface area contributed by atoms with Crippen molar-refractivity contribution in [2.45, 2.75) is 20.0 Å². The molecule has 5 rings (SSSR count). The lowest BCUT2D eigenvalue weighted by Crippen LogP contribution is -2.49. The maximum absolute atomic E-state index is 15.1. The highest BCUT2D eigenvalue weighted by Crippen LogP contribution is 2.48. The molecule has 35 heavy (non-hydrogen) atoms. The summed E-state index contributed by atoms with van der Waals surface area (Å²) in [4.78, 5) is 2.18. The Bertz CT molecular complexity index is 1250. The number of fused-ring (bicyclic) bond motifs is 1. The third kappa shape index (κ3) is 4.76. The Labute approximate surface area is 204 Å². The van der Waals surface area contributed by atoms with Gasteiger partial charge < -0.3 is 14.6 Å². The molecule has 1 saturated heterocycles. The Balaban J connectivity index is 1.40. The number of nitrogens with zero attached hydrogens (tertiary/aromatic N) is 1. The molecular formula is C29H29F2NO3. The smallest absolute Gasteiger partial charge is 0.150 e. The van der Waals surface area contributed by atoms with Gasteiger partial charge in [0.25, 0.3) is 0 Å². The van der Waals surface area contributed by atoms with Crippen molar-refractivity contribution in [2.24, 2.45) is 5.92 Å². The van der Waals surface area contributed by atoms with Crippen molar-refractivity contribution in [1.82, 2.24) is 4.90 Å². The number of halogens is 2. The first-order valence-corrected chi connectivity index (χ1v) is 11.9. The standard InChI is InChI=1S/C29H29F2NO3/c1-18-3-9-24(26(31)13-18)28-19(2)25-14-22(33)6-10-27(25)35-29(28)21-4-7-23(8-5-21)34-12-11-32-16-20(15-30)17-32/h3-10,13-14,20,29,33H,11-12,15-17H2,1-2H3. The summed E-state index contributed by atoms with van der Waals surface area (Å²) < 4.78 is 40.0. The number of phenolic OH excluding ortho intramolecular Hbond substituents is 1. The molecule has 3 aromatic rings. The lowest BCUT2D eigenvalue weighted by molar-refractivity contribution is 0.0668. The average molecular weight is 478 g/mol. The van der Waals surface area contributed by atoms with E-state index in [0.717, 1.165) is 53.2 Å². The molecule has 2 heterocycles. The minimum Gasteiger partial charge on any atom is -0.508 e. The largest absolute Gasteiger partial charge is 0.508 e. The second-order valence-electron chi connectivity index (χ2n) is 9.40. The Kier molecular flexibility index (Phi) is 6.48. The molecule has 2 aliphatic heterocycles. The third-order valence-electron chi connectivity index (χ3n) is 6.80. The van der Waals surface area contributed by atoms with Gasteiger partial charge in [0, 0.05) is 42.3 Å². The van der Waals surface area contributed by atoms with Crippen molar-refractivity contribution < 1.29 is 23.4 Å². The van der Waals surface area contributed by atoms with Crippen molar-refractivity contribution >= 4 is 11.1 Å². The maximum atomic E-state index is 15.1. The monoisotopic (exact) mass is 477 g/mol. The van der Waals surface area contributed by atoms with Gasteiger partial charge >= 0.3 is 0 Å². The first-order valence-electron chi connectivity index (χ1n) is 11.9. The van der Waals surface area contributed by atoms with E-state index in [1.54, 1.807) is 24.3 Å². The van der Waals surface area contributed by atoms with Crippen LogP contribution in [0.4, 0.5) is 8.78 Å². The van der Waals surface area contributed by atoms with Crippen LogP contribution in [0, 0.1) is 18.7 Å². The number of likely N-dealkylation sites (tertiary alicyclic amines) is 1. The number of aryl methyl sites for hydroxylation is 1. The van der Waals surface area contributed by atoms with Gasteiger partial charge in [-0.05, 0) is 66.9 Å². The van der Waals surface area contributed by atoms with E-state index >= 15 is 4.39 Å². The number of aromatic hydroxyl groups is 1. The molecule has 0 radical (unpaired) electrons. The minimum absolute atomic E-state index is 0.133. The van der Waals surface area contributed by atoms with Crippen molar-refractivity contribution in [3.8, 4) is 17.2 Å². The molecule has 1 atom stereocenters. The summed E-state index contributed by atoms with van der Waals surface area (Å²) in [7, 11) is 0. The summed E-state index contributed by atoms with van der Waals surface area (Å²) in [5.74, 6) is 1.37. The molecule has 1 N–H and O–H groups in total. The molecule has 0 aliphatic carbocycles. The summed E-state index contributed by atoms with van der Waals surface area (Å²) in [5, 5.41) is 10.0. The quantitative estimate of drug-likeness (QED) is 0.441. The first-order chi connectivity index (χ1) is 16.9.